The molecule has 0 saturated carbocycles. The summed E-state index contributed by atoms with van der Waals surface area (Å²) in [5, 5.41) is 3.35. The summed E-state index contributed by atoms with van der Waals surface area (Å²) in [4.78, 5) is 2.33. The first-order chi connectivity index (χ1) is 8.21. The standard InChI is InChI=1S/C14H24N2O/c1-5-16(6-2)14-9-7-13(8-10-14)15-11-12(3)17-4/h7-10,12,15H,5-6,11H2,1-4H3. The number of benzene rings is 1. The summed E-state index contributed by atoms with van der Waals surface area (Å²) in [7, 11) is 1.73. The number of hydrogen-bond acceptors (Lipinski definition) is 3. The molecule has 17 heavy (non-hydrogen) atoms. The van der Waals surface area contributed by atoms with Crippen molar-refractivity contribution in [3.63, 3.8) is 0 Å². The molecule has 1 unspecified atom stereocenters. The monoisotopic (exact) mass is 236 g/mol. The Hall–Kier alpha value is -1.22. The van der Waals surface area contributed by atoms with Crippen molar-refractivity contribution < 1.29 is 4.74 Å². The van der Waals surface area contributed by atoms with E-state index >= 15 is 0 Å². The number of ether oxygens (including phenoxy) is 1. The zero-order valence-corrected chi connectivity index (χ0v) is 11.4. The Morgan fingerprint density at radius 1 is 1.18 bits per heavy atom. The molecule has 1 aromatic carbocycles. The van der Waals surface area contributed by atoms with Gasteiger partial charge in [0.2, 0.25) is 0 Å². The van der Waals surface area contributed by atoms with Crippen LogP contribution < -0.4 is 10.2 Å². The van der Waals surface area contributed by atoms with Crippen LogP contribution in [-0.2, 0) is 4.74 Å². The summed E-state index contributed by atoms with van der Waals surface area (Å²) in [5.41, 5.74) is 2.42. The third kappa shape index (κ3) is 4.27. The topological polar surface area (TPSA) is 24.5 Å². The molecule has 0 fully saturated rings. The fraction of sp³-hybridized carbons (Fsp3) is 0.571. The van der Waals surface area contributed by atoms with Crippen LogP contribution in [0.15, 0.2) is 24.3 Å². The maximum atomic E-state index is 5.20. The van der Waals surface area contributed by atoms with Crippen LogP contribution in [0.3, 0.4) is 0 Å². The third-order valence-corrected chi connectivity index (χ3v) is 2.99. The minimum absolute atomic E-state index is 0.234. The highest BCUT2D eigenvalue weighted by Gasteiger charge is 2.02. The molecular weight excluding hydrogens is 212 g/mol. The predicted octanol–water partition coefficient (Wildman–Crippen LogP) is 2.98. The van der Waals surface area contributed by atoms with E-state index in [9.17, 15) is 0 Å². The van der Waals surface area contributed by atoms with Gasteiger partial charge in [-0.3, -0.25) is 0 Å². The van der Waals surface area contributed by atoms with Gasteiger partial charge in [0.05, 0.1) is 6.10 Å². The van der Waals surface area contributed by atoms with E-state index in [1.54, 1.807) is 7.11 Å². The zero-order chi connectivity index (χ0) is 12.7. The van der Waals surface area contributed by atoms with E-state index in [-0.39, 0.29) is 6.10 Å². The normalized spacial score (nSPS) is 12.2. The second kappa shape index (κ2) is 7.17. The molecule has 0 aromatic heterocycles. The lowest BCUT2D eigenvalue weighted by Crippen LogP contribution is -2.21. The van der Waals surface area contributed by atoms with Gasteiger partial charge in [-0.2, -0.15) is 0 Å². The van der Waals surface area contributed by atoms with E-state index in [2.05, 4.69) is 55.3 Å². The van der Waals surface area contributed by atoms with E-state index in [1.807, 2.05) is 0 Å². The van der Waals surface area contributed by atoms with Crippen molar-refractivity contribution in [3.8, 4) is 0 Å². The van der Waals surface area contributed by atoms with Crippen LogP contribution in [0.25, 0.3) is 0 Å². The van der Waals surface area contributed by atoms with Crippen molar-refractivity contribution in [3.05, 3.63) is 24.3 Å². The van der Waals surface area contributed by atoms with E-state index in [0.717, 1.165) is 25.3 Å². The molecule has 0 amide bonds. The van der Waals surface area contributed by atoms with Crippen LogP contribution in [0, 0.1) is 0 Å². The molecule has 1 N–H and O–H groups in total. The summed E-state index contributed by atoms with van der Waals surface area (Å²) in [5.74, 6) is 0. The predicted molar refractivity (Wildman–Crippen MR) is 75.0 cm³/mol. The molecule has 3 heteroatoms. The quantitative estimate of drug-likeness (QED) is 0.787. The van der Waals surface area contributed by atoms with E-state index in [0.29, 0.717) is 0 Å². The summed E-state index contributed by atoms with van der Waals surface area (Å²) in [6.07, 6.45) is 0.234. The summed E-state index contributed by atoms with van der Waals surface area (Å²) in [6, 6.07) is 8.56. The van der Waals surface area contributed by atoms with Crippen molar-refractivity contribution in [2.24, 2.45) is 0 Å². The number of nitrogens with one attached hydrogen (secondary N) is 1. The number of anilines is 2. The Kier molecular flexibility index (Phi) is 5.84. The molecule has 1 rings (SSSR count). The van der Waals surface area contributed by atoms with Crippen LogP contribution in [0.1, 0.15) is 20.8 Å². The maximum absolute atomic E-state index is 5.20. The number of rotatable bonds is 7. The lowest BCUT2D eigenvalue weighted by molar-refractivity contribution is 0.129. The second-order valence-electron chi connectivity index (χ2n) is 4.15. The second-order valence-corrected chi connectivity index (χ2v) is 4.15. The lowest BCUT2D eigenvalue weighted by atomic mass is 10.2. The van der Waals surface area contributed by atoms with E-state index in [4.69, 9.17) is 4.74 Å². The van der Waals surface area contributed by atoms with Gasteiger partial charge in [-0.15, -0.1) is 0 Å². The SMILES string of the molecule is CCN(CC)c1ccc(NCC(C)OC)cc1. The third-order valence-electron chi connectivity index (χ3n) is 2.99. The highest BCUT2D eigenvalue weighted by molar-refractivity contribution is 5.55. The summed E-state index contributed by atoms with van der Waals surface area (Å²) >= 11 is 0. The first-order valence-corrected chi connectivity index (χ1v) is 6.32. The molecule has 0 aliphatic carbocycles. The molecule has 0 radical (unpaired) electrons. The van der Waals surface area contributed by atoms with Crippen LogP contribution in [0.5, 0.6) is 0 Å². The van der Waals surface area contributed by atoms with Crippen LogP contribution in [0.4, 0.5) is 11.4 Å². The van der Waals surface area contributed by atoms with Gasteiger partial charge in [0, 0.05) is 38.1 Å². The Labute approximate surface area is 105 Å². The van der Waals surface area contributed by atoms with Crippen molar-refractivity contribution in [2.75, 3.05) is 37.0 Å². The Morgan fingerprint density at radius 3 is 2.24 bits per heavy atom. The molecule has 0 bridgehead atoms. The Morgan fingerprint density at radius 2 is 1.76 bits per heavy atom. The Balaban J connectivity index is 2.55. The summed E-state index contributed by atoms with van der Waals surface area (Å²) < 4.78 is 5.20. The lowest BCUT2D eigenvalue weighted by Gasteiger charge is -2.21. The minimum Gasteiger partial charge on any atom is -0.382 e. The van der Waals surface area contributed by atoms with Gasteiger partial charge in [0.25, 0.3) is 0 Å². The van der Waals surface area contributed by atoms with Crippen LogP contribution in [0.2, 0.25) is 0 Å². The van der Waals surface area contributed by atoms with Crippen molar-refractivity contribution in [2.45, 2.75) is 26.9 Å². The van der Waals surface area contributed by atoms with Gasteiger partial charge >= 0.3 is 0 Å². The molecule has 0 aliphatic rings. The van der Waals surface area contributed by atoms with Crippen LogP contribution in [-0.4, -0.2) is 32.8 Å². The highest BCUT2D eigenvalue weighted by atomic mass is 16.5. The molecule has 0 aliphatic heterocycles. The fourth-order valence-electron chi connectivity index (χ4n) is 1.72. The Bertz CT molecular complexity index is 307. The van der Waals surface area contributed by atoms with Crippen LogP contribution >= 0.6 is 0 Å². The maximum Gasteiger partial charge on any atom is 0.0715 e. The van der Waals surface area contributed by atoms with Crippen molar-refractivity contribution in [1.29, 1.82) is 0 Å². The smallest absolute Gasteiger partial charge is 0.0715 e. The first-order valence-electron chi connectivity index (χ1n) is 6.32. The summed E-state index contributed by atoms with van der Waals surface area (Å²) in [6.45, 7) is 9.33. The van der Waals surface area contributed by atoms with Gasteiger partial charge in [-0.25, -0.2) is 0 Å². The molecule has 96 valence electrons. The molecule has 0 spiro atoms. The average Bonchev–Trinajstić information content (AvgIpc) is 2.38. The van der Waals surface area contributed by atoms with Crippen molar-refractivity contribution in [1.82, 2.24) is 0 Å². The number of hydrogen-bond donors (Lipinski definition) is 1. The number of nitrogens with zero attached hydrogens (tertiary/aromatic N) is 1. The first kappa shape index (κ1) is 13.8. The fourth-order valence-corrected chi connectivity index (χ4v) is 1.72. The number of methoxy groups -OCH3 is 1. The van der Waals surface area contributed by atoms with Gasteiger partial charge in [-0.05, 0) is 45.0 Å². The molecule has 0 saturated heterocycles. The van der Waals surface area contributed by atoms with E-state index in [1.165, 1.54) is 5.69 Å². The largest absolute Gasteiger partial charge is 0.382 e. The minimum atomic E-state index is 0.234. The molecule has 1 atom stereocenters. The molecule has 0 heterocycles. The van der Waals surface area contributed by atoms with E-state index < -0.39 is 0 Å². The molecule has 1 aromatic rings. The average molecular weight is 236 g/mol. The van der Waals surface area contributed by atoms with Crippen molar-refractivity contribution >= 4 is 11.4 Å². The molecular formula is C14H24N2O. The van der Waals surface area contributed by atoms with Gasteiger partial charge in [-0.1, -0.05) is 0 Å². The van der Waals surface area contributed by atoms with Gasteiger partial charge in [0.15, 0.2) is 0 Å². The van der Waals surface area contributed by atoms with Gasteiger partial charge in [0.1, 0.15) is 0 Å². The van der Waals surface area contributed by atoms with Gasteiger partial charge < -0.3 is 15.0 Å². The molecule has 3 nitrogen and oxygen atoms in total. The zero-order valence-electron chi connectivity index (χ0n) is 11.4. The highest BCUT2D eigenvalue weighted by Crippen LogP contribution is 2.17.